The van der Waals surface area contributed by atoms with Crippen molar-refractivity contribution in [1.29, 1.82) is 0 Å². The number of hydrogen-bond donors (Lipinski definition) is 1. The van der Waals surface area contributed by atoms with Crippen molar-refractivity contribution < 1.29 is 17.6 Å². The van der Waals surface area contributed by atoms with Gasteiger partial charge in [-0.3, -0.25) is 4.79 Å². The highest BCUT2D eigenvalue weighted by Crippen LogP contribution is 2.30. The van der Waals surface area contributed by atoms with E-state index in [1.807, 2.05) is 0 Å². The van der Waals surface area contributed by atoms with Crippen LogP contribution in [0.15, 0.2) is 27.5 Å². The number of fused-ring (bicyclic) bond motifs is 1. The summed E-state index contributed by atoms with van der Waals surface area (Å²) < 4.78 is 32.3. The van der Waals surface area contributed by atoms with Crippen LogP contribution in [0.2, 0.25) is 0 Å². The number of nitrogens with one attached hydrogen (secondary N) is 1. The number of hydrogen-bond acceptors (Lipinski definition) is 6. The van der Waals surface area contributed by atoms with Gasteiger partial charge in [-0.05, 0) is 30.2 Å². The highest BCUT2D eigenvalue weighted by molar-refractivity contribution is 7.89. The molecule has 0 saturated heterocycles. The Hall–Kier alpha value is -2.26. The minimum atomic E-state index is -3.69. The number of rotatable bonds is 4. The number of nitrogens with zero attached hydrogens (tertiary/aromatic N) is 3. The van der Waals surface area contributed by atoms with E-state index >= 15 is 0 Å². The number of carbonyl (C=O) groups is 1. The van der Waals surface area contributed by atoms with E-state index in [4.69, 9.17) is 4.42 Å². The first-order chi connectivity index (χ1) is 10.9. The average molecular weight is 336 g/mol. The Morgan fingerprint density at radius 3 is 2.83 bits per heavy atom. The zero-order chi connectivity index (χ0) is 16.6. The summed E-state index contributed by atoms with van der Waals surface area (Å²) in [6, 6.07) is 4.75. The van der Waals surface area contributed by atoms with Gasteiger partial charge < -0.3 is 9.32 Å². The van der Waals surface area contributed by atoms with Gasteiger partial charge in [-0.25, -0.2) is 13.1 Å². The third-order valence-electron chi connectivity index (χ3n) is 3.62. The first-order valence-corrected chi connectivity index (χ1v) is 8.55. The molecule has 2 aromatic rings. The number of amides is 1. The Morgan fingerprint density at radius 2 is 2.17 bits per heavy atom. The van der Waals surface area contributed by atoms with Gasteiger partial charge in [0.05, 0.1) is 11.4 Å². The lowest BCUT2D eigenvalue weighted by atomic mass is 10.2. The lowest BCUT2D eigenvalue weighted by Crippen LogP contribution is -2.26. The largest absolute Gasteiger partial charge is 0.424 e. The molecule has 0 fully saturated rings. The number of carbonyl (C=O) groups excluding carboxylic acids is 1. The normalized spacial score (nSPS) is 14.1. The highest BCUT2D eigenvalue weighted by Gasteiger charge is 2.24. The number of benzene rings is 1. The predicted octanol–water partition coefficient (Wildman–Crippen LogP) is 0.766. The zero-order valence-electron chi connectivity index (χ0n) is 12.7. The molecule has 3 rings (SSSR count). The second-order valence-electron chi connectivity index (χ2n) is 5.25. The van der Waals surface area contributed by atoms with E-state index in [1.54, 1.807) is 24.0 Å². The van der Waals surface area contributed by atoms with Crippen molar-refractivity contribution in [2.75, 3.05) is 11.4 Å². The second kappa shape index (κ2) is 5.74. The van der Waals surface area contributed by atoms with Gasteiger partial charge in [0.25, 0.3) is 0 Å². The van der Waals surface area contributed by atoms with Gasteiger partial charge in [0.1, 0.15) is 0 Å². The van der Waals surface area contributed by atoms with Gasteiger partial charge in [0, 0.05) is 26.1 Å². The zero-order valence-corrected chi connectivity index (χ0v) is 13.6. The first-order valence-electron chi connectivity index (χ1n) is 7.06. The van der Waals surface area contributed by atoms with E-state index in [0.717, 1.165) is 11.3 Å². The third-order valence-corrected chi connectivity index (χ3v) is 5.02. The molecule has 2 heterocycles. The number of sulfonamides is 1. The maximum Gasteiger partial charge on any atom is 0.241 e. The summed E-state index contributed by atoms with van der Waals surface area (Å²) in [4.78, 5) is 13.3. The molecule has 0 atom stereocenters. The lowest BCUT2D eigenvalue weighted by Gasteiger charge is -2.15. The van der Waals surface area contributed by atoms with Crippen LogP contribution in [0.4, 0.5) is 5.69 Å². The summed E-state index contributed by atoms with van der Waals surface area (Å²) in [7, 11) is -3.69. The summed E-state index contributed by atoms with van der Waals surface area (Å²) in [5, 5.41) is 7.39. The van der Waals surface area contributed by atoms with Gasteiger partial charge >= 0.3 is 0 Å². The Morgan fingerprint density at radius 1 is 1.39 bits per heavy atom. The molecule has 0 aliphatic carbocycles. The Kier molecular flexibility index (Phi) is 3.90. The smallest absolute Gasteiger partial charge is 0.241 e. The summed E-state index contributed by atoms with van der Waals surface area (Å²) in [5.74, 6) is 0.528. The van der Waals surface area contributed by atoms with Crippen LogP contribution in [0.25, 0.3) is 0 Å². The van der Waals surface area contributed by atoms with Crippen molar-refractivity contribution in [2.45, 2.75) is 31.7 Å². The fourth-order valence-corrected chi connectivity index (χ4v) is 3.55. The van der Waals surface area contributed by atoms with Crippen molar-refractivity contribution in [3.8, 4) is 0 Å². The fraction of sp³-hybridized carbons (Fsp3) is 0.357. The van der Waals surface area contributed by atoms with Crippen LogP contribution in [0.3, 0.4) is 0 Å². The van der Waals surface area contributed by atoms with Crippen molar-refractivity contribution in [3.63, 3.8) is 0 Å². The summed E-state index contributed by atoms with van der Waals surface area (Å²) in [6.45, 7) is 3.63. The number of aryl methyl sites for hydroxylation is 1. The maximum absolute atomic E-state index is 12.3. The minimum absolute atomic E-state index is 0.0516. The highest BCUT2D eigenvalue weighted by atomic mass is 32.2. The van der Waals surface area contributed by atoms with Crippen molar-refractivity contribution in [3.05, 3.63) is 35.5 Å². The fourth-order valence-electron chi connectivity index (χ4n) is 2.52. The van der Waals surface area contributed by atoms with E-state index < -0.39 is 10.0 Å². The van der Waals surface area contributed by atoms with Crippen LogP contribution in [-0.2, 0) is 27.8 Å². The predicted molar refractivity (Wildman–Crippen MR) is 81.2 cm³/mol. The third kappa shape index (κ3) is 3.10. The van der Waals surface area contributed by atoms with E-state index in [0.29, 0.717) is 18.9 Å². The number of aromatic nitrogens is 2. The van der Waals surface area contributed by atoms with Crippen LogP contribution in [0.5, 0.6) is 0 Å². The van der Waals surface area contributed by atoms with Crippen molar-refractivity contribution in [1.82, 2.24) is 14.9 Å². The van der Waals surface area contributed by atoms with E-state index in [-0.39, 0.29) is 23.2 Å². The van der Waals surface area contributed by atoms with Gasteiger partial charge in [-0.1, -0.05) is 0 Å². The molecule has 1 amide bonds. The van der Waals surface area contributed by atoms with E-state index in [9.17, 15) is 13.2 Å². The van der Waals surface area contributed by atoms with E-state index in [1.165, 1.54) is 13.0 Å². The van der Waals surface area contributed by atoms with Gasteiger partial charge in [0.2, 0.25) is 27.7 Å². The molecule has 0 radical (unpaired) electrons. The quantitative estimate of drug-likeness (QED) is 0.884. The maximum atomic E-state index is 12.3. The Labute approximate surface area is 133 Å². The molecular formula is C14H16N4O4S. The molecule has 1 aromatic carbocycles. The van der Waals surface area contributed by atoms with Gasteiger partial charge in [-0.15, -0.1) is 10.2 Å². The van der Waals surface area contributed by atoms with Crippen LogP contribution in [0.1, 0.15) is 24.3 Å². The standard InChI is InChI=1S/C14H16N4O4S/c1-9-16-17-14(22-9)8-15-23(20,21)12-3-4-13-11(7-12)5-6-18(13)10(2)19/h3-4,7,15H,5-6,8H2,1-2H3. The lowest BCUT2D eigenvalue weighted by molar-refractivity contribution is -0.116. The Balaban J connectivity index is 1.80. The molecule has 1 aromatic heterocycles. The van der Waals surface area contributed by atoms with Crippen LogP contribution in [-0.4, -0.2) is 31.1 Å². The van der Waals surface area contributed by atoms with Gasteiger partial charge in [0.15, 0.2) is 0 Å². The molecule has 122 valence electrons. The summed E-state index contributed by atoms with van der Waals surface area (Å²) in [6.07, 6.45) is 0.640. The van der Waals surface area contributed by atoms with Crippen LogP contribution in [0, 0.1) is 6.92 Å². The molecule has 1 aliphatic heterocycles. The molecule has 0 bridgehead atoms. The second-order valence-corrected chi connectivity index (χ2v) is 7.02. The molecule has 0 saturated carbocycles. The SMILES string of the molecule is CC(=O)N1CCc2cc(S(=O)(=O)NCc3nnc(C)o3)ccc21. The van der Waals surface area contributed by atoms with Crippen molar-refractivity contribution in [2.24, 2.45) is 0 Å². The number of anilines is 1. The van der Waals surface area contributed by atoms with Crippen molar-refractivity contribution >= 4 is 21.6 Å². The molecule has 1 N–H and O–H groups in total. The monoisotopic (exact) mass is 336 g/mol. The molecule has 8 nitrogen and oxygen atoms in total. The summed E-state index contributed by atoms with van der Waals surface area (Å²) in [5.41, 5.74) is 1.61. The summed E-state index contributed by atoms with van der Waals surface area (Å²) >= 11 is 0. The Bertz CT molecular complexity index is 859. The molecule has 0 unspecified atom stereocenters. The molecule has 9 heteroatoms. The molecule has 0 spiro atoms. The van der Waals surface area contributed by atoms with Gasteiger partial charge in [-0.2, -0.15) is 0 Å². The van der Waals surface area contributed by atoms with Crippen LogP contribution >= 0.6 is 0 Å². The van der Waals surface area contributed by atoms with Crippen LogP contribution < -0.4 is 9.62 Å². The van der Waals surface area contributed by atoms with E-state index in [2.05, 4.69) is 14.9 Å². The topological polar surface area (TPSA) is 105 Å². The molecular weight excluding hydrogens is 320 g/mol. The average Bonchev–Trinajstić information content (AvgIpc) is 3.10. The molecule has 23 heavy (non-hydrogen) atoms. The minimum Gasteiger partial charge on any atom is -0.424 e. The molecule has 1 aliphatic rings. The first kappa shape index (κ1) is 15.6.